The van der Waals surface area contributed by atoms with Crippen LogP contribution in [-0.4, -0.2) is 13.0 Å². The van der Waals surface area contributed by atoms with Crippen LogP contribution in [0.2, 0.25) is 5.02 Å². The molecule has 0 aliphatic rings. The largest absolute Gasteiger partial charge is 0.277 e. The molecule has 0 aliphatic carbocycles. The molecular weight excluding hydrogens is 226 g/mol. The van der Waals surface area contributed by atoms with Gasteiger partial charge in [0.2, 0.25) is 0 Å². The maximum Gasteiger partial charge on any atom is 0.251 e. The minimum Gasteiger partial charge on any atom is -0.277 e. The molecule has 1 amide bonds. The lowest BCUT2D eigenvalue weighted by molar-refractivity contribution is -0.133. The fraction of sp³-hybridized carbons (Fsp3) is 0.417. The second-order valence-corrected chi connectivity index (χ2v) is 4.38. The van der Waals surface area contributed by atoms with Gasteiger partial charge in [0, 0.05) is 5.02 Å². The Morgan fingerprint density at radius 1 is 1.31 bits per heavy atom. The number of carbonyl (C=O) groups is 1. The van der Waals surface area contributed by atoms with Crippen molar-refractivity contribution in [2.24, 2.45) is 5.92 Å². The van der Waals surface area contributed by atoms with Crippen molar-refractivity contribution in [3.05, 3.63) is 34.9 Å². The van der Waals surface area contributed by atoms with Crippen LogP contribution in [0.5, 0.6) is 0 Å². The lowest BCUT2D eigenvalue weighted by atomic mass is 9.88. The Balaban J connectivity index is 2.93. The first kappa shape index (κ1) is 13.0. The Kier molecular flexibility index (Phi) is 4.77. The van der Waals surface area contributed by atoms with Crippen LogP contribution in [0.4, 0.5) is 0 Å². The summed E-state index contributed by atoms with van der Waals surface area (Å²) in [5.41, 5.74) is 3.31. The van der Waals surface area contributed by atoms with Gasteiger partial charge in [0.1, 0.15) is 0 Å². The maximum atomic E-state index is 11.8. The van der Waals surface area contributed by atoms with Gasteiger partial charge in [0.25, 0.3) is 5.91 Å². The van der Waals surface area contributed by atoms with Crippen LogP contribution in [0.15, 0.2) is 24.3 Å². The molecule has 0 bridgehead atoms. The van der Waals surface area contributed by atoms with Gasteiger partial charge in [-0.2, -0.15) is 0 Å². The molecule has 0 spiro atoms. The van der Waals surface area contributed by atoms with Crippen molar-refractivity contribution in [2.45, 2.75) is 19.8 Å². The first-order valence-electron chi connectivity index (χ1n) is 5.14. The first-order chi connectivity index (χ1) is 7.56. The summed E-state index contributed by atoms with van der Waals surface area (Å²) in [5.74, 6) is -0.173. The van der Waals surface area contributed by atoms with Gasteiger partial charge in [-0.05, 0) is 23.6 Å². The number of hydrogen-bond acceptors (Lipinski definition) is 2. The Morgan fingerprint density at radius 3 is 2.31 bits per heavy atom. The van der Waals surface area contributed by atoms with Gasteiger partial charge in [-0.25, -0.2) is 5.48 Å². The Labute approximate surface area is 101 Å². The molecule has 0 heterocycles. The highest BCUT2D eigenvalue weighted by Crippen LogP contribution is 2.25. The predicted octanol–water partition coefficient (Wildman–Crippen LogP) is 2.76. The Bertz CT molecular complexity index is 349. The summed E-state index contributed by atoms with van der Waals surface area (Å²) in [5, 5.41) is 0.665. The van der Waals surface area contributed by atoms with Crippen molar-refractivity contribution >= 4 is 17.5 Å². The SMILES string of the molecule is CONC(=O)C(c1ccc(Cl)cc1)C(C)C. The van der Waals surface area contributed by atoms with Crippen LogP contribution in [0, 0.1) is 5.92 Å². The molecule has 1 rings (SSSR count). The minimum atomic E-state index is -0.225. The van der Waals surface area contributed by atoms with E-state index in [-0.39, 0.29) is 17.7 Å². The zero-order chi connectivity index (χ0) is 12.1. The minimum absolute atomic E-state index is 0.139. The van der Waals surface area contributed by atoms with Crippen molar-refractivity contribution in [1.82, 2.24) is 5.48 Å². The Hall–Kier alpha value is -1.06. The molecule has 0 saturated heterocycles. The van der Waals surface area contributed by atoms with E-state index >= 15 is 0 Å². The number of hydroxylamine groups is 1. The van der Waals surface area contributed by atoms with Crippen molar-refractivity contribution in [3.63, 3.8) is 0 Å². The molecule has 1 atom stereocenters. The number of hydrogen-bond donors (Lipinski definition) is 1. The standard InChI is InChI=1S/C12H16ClNO2/c1-8(2)11(12(15)14-16-3)9-4-6-10(13)7-5-9/h4-8,11H,1-3H3,(H,14,15). The van der Waals surface area contributed by atoms with Crippen LogP contribution in [0.1, 0.15) is 25.3 Å². The average Bonchev–Trinajstić information content (AvgIpc) is 2.21. The fourth-order valence-corrected chi connectivity index (χ4v) is 1.80. The molecule has 0 aliphatic heterocycles. The zero-order valence-electron chi connectivity index (χ0n) is 9.66. The average molecular weight is 242 g/mol. The number of nitrogens with one attached hydrogen (secondary N) is 1. The number of benzene rings is 1. The highest BCUT2D eigenvalue weighted by Gasteiger charge is 2.23. The molecule has 1 N–H and O–H groups in total. The summed E-state index contributed by atoms with van der Waals surface area (Å²) < 4.78 is 0. The van der Waals surface area contributed by atoms with E-state index in [1.165, 1.54) is 7.11 Å². The van der Waals surface area contributed by atoms with Gasteiger partial charge < -0.3 is 0 Å². The summed E-state index contributed by atoms with van der Waals surface area (Å²) >= 11 is 5.81. The third-order valence-corrected chi connectivity index (χ3v) is 2.63. The summed E-state index contributed by atoms with van der Waals surface area (Å²) in [7, 11) is 1.43. The van der Waals surface area contributed by atoms with E-state index in [4.69, 9.17) is 11.6 Å². The highest BCUT2D eigenvalue weighted by molar-refractivity contribution is 6.30. The molecule has 0 fully saturated rings. The number of rotatable bonds is 4. The molecule has 0 aromatic heterocycles. The van der Waals surface area contributed by atoms with Crippen molar-refractivity contribution in [3.8, 4) is 0 Å². The number of amides is 1. The summed E-state index contributed by atoms with van der Waals surface area (Å²) in [6, 6.07) is 7.29. The lowest BCUT2D eigenvalue weighted by Gasteiger charge is -2.19. The molecule has 4 heteroatoms. The van der Waals surface area contributed by atoms with E-state index < -0.39 is 0 Å². The van der Waals surface area contributed by atoms with Crippen LogP contribution in [-0.2, 0) is 9.63 Å². The molecule has 88 valence electrons. The maximum absolute atomic E-state index is 11.8. The van der Waals surface area contributed by atoms with Crippen molar-refractivity contribution < 1.29 is 9.63 Å². The van der Waals surface area contributed by atoms with E-state index in [1.807, 2.05) is 26.0 Å². The topological polar surface area (TPSA) is 38.3 Å². The van der Waals surface area contributed by atoms with Gasteiger partial charge in [0.15, 0.2) is 0 Å². The molecular formula is C12H16ClNO2. The normalized spacial score (nSPS) is 12.6. The van der Waals surface area contributed by atoms with Gasteiger partial charge in [-0.15, -0.1) is 0 Å². The van der Waals surface area contributed by atoms with Gasteiger partial charge in [0.05, 0.1) is 13.0 Å². The first-order valence-corrected chi connectivity index (χ1v) is 5.52. The van der Waals surface area contributed by atoms with Crippen molar-refractivity contribution in [1.29, 1.82) is 0 Å². The molecule has 1 aromatic carbocycles. The van der Waals surface area contributed by atoms with Gasteiger partial charge in [-0.1, -0.05) is 37.6 Å². The van der Waals surface area contributed by atoms with Crippen LogP contribution < -0.4 is 5.48 Å². The molecule has 16 heavy (non-hydrogen) atoms. The van der Waals surface area contributed by atoms with E-state index in [1.54, 1.807) is 12.1 Å². The van der Waals surface area contributed by atoms with Crippen LogP contribution in [0.25, 0.3) is 0 Å². The van der Waals surface area contributed by atoms with E-state index in [0.29, 0.717) is 5.02 Å². The Morgan fingerprint density at radius 2 is 1.88 bits per heavy atom. The summed E-state index contributed by atoms with van der Waals surface area (Å²) in [4.78, 5) is 16.5. The van der Waals surface area contributed by atoms with Crippen LogP contribution >= 0.6 is 11.6 Å². The van der Waals surface area contributed by atoms with E-state index in [9.17, 15) is 4.79 Å². The van der Waals surface area contributed by atoms with Crippen molar-refractivity contribution in [2.75, 3.05) is 7.11 Å². The van der Waals surface area contributed by atoms with Gasteiger partial charge >= 0.3 is 0 Å². The second kappa shape index (κ2) is 5.87. The van der Waals surface area contributed by atoms with Crippen LogP contribution in [0.3, 0.4) is 0 Å². The second-order valence-electron chi connectivity index (χ2n) is 3.94. The monoisotopic (exact) mass is 241 g/mol. The smallest absolute Gasteiger partial charge is 0.251 e. The van der Waals surface area contributed by atoms with E-state index in [2.05, 4.69) is 10.3 Å². The molecule has 0 radical (unpaired) electrons. The highest BCUT2D eigenvalue weighted by atomic mass is 35.5. The number of halogens is 1. The predicted molar refractivity (Wildman–Crippen MR) is 64.2 cm³/mol. The molecule has 1 aromatic rings. The zero-order valence-corrected chi connectivity index (χ0v) is 10.4. The van der Waals surface area contributed by atoms with E-state index in [0.717, 1.165) is 5.56 Å². The molecule has 0 saturated carbocycles. The quantitative estimate of drug-likeness (QED) is 0.824. The summed E-state index contributed by atoms with van der Waals surface area (Å²) in [6.45, 7) is 3.99. The third kappa shape index (κ3) is 3.22. The molecule has 1 unspecified atom stereocenters. The third-order valence-electron chi connectivity index (χ3n) is 2.38. The fourth-order valence-electron chi connectivity index (χ4n) is 1.67. The van der Waals surface area contributed by atoms with Gasteiger partial charge in [-0.3, -0.25) is 9.63 Å². The summed E-state index contributed by atoms with van der Waals surface area (Å²) in [6.07, 6.45) is 0. The molecule has 3 nitrogen and oxygen atoms in total. The lowest BCUT2D eigenvalue weighted by Crippen LogP contribution is -2.31. The number of carbonyl (C=O) groups excluding carboxylic acids is 1.